The first-order valence-corrected chi connectivity index (χ1v) is 6.64. The molecule has 6 heteroatoms. The number of rotatable bonds is 8. The Hall–Kier alpha value is -2.24. The van der Waals surface area contributed by atoms with Gasteiger partial charge in [0.25, 0.3) is 0 Å². The molecule has 0 saturated heterocycles. The van der Waals surface area contributed by atoms with Crippen LogP contribution in [0.1, 0.15) is 18.4 Å². The number of methoxy groups -OCH3 is 2. The molecule has 0 aliphatic carbocycles. The van der Waals surface area contributed by atoms with E-state index in [9.17, 15) is 9.59 Å². The second-order valence-corrected chi connectivity index (χ2v) is 4.68. The van der Waals surface area contributed by atoms with E-state index in [1.54, 1.807) is 38.3 Å². The largest absolute Gasteiger partial charge is 0.493 e. The van der Waals surface area contributed by atoms with Crippen molar-refractivity contribution in [3.8, 4) is 11.5 Å². The number of carbonyl (C=O) groups excluding carboxylic acids is 1. The average Bonchev–Trinajstić information content (AvgIpc) is 2.46. The molecule has 0 radical (unpaired) electrons. The summed E-state index contributed by atoms with van der Waals surface area (Å²) in [5.41, 5.74) is 0.822. The number of carboxylic acids is 1. The molecule has 21 heavy (non-hydrogen) atoms. The minimum Gasteiger partial charge on any atom is -0.493 e. The van der Waals surface area contributed by atoms with Gasteiger partial charge in [-0.25, -0.2) is 0 Å². The monoisotopic (exact) mass is 295 g/mol. The standard InChI is InChI=1S/C15H21NO5/c1-16(8-4-5-15(18)19)14(17)10-11-6-7-12(20-2)13(9-11)21-3/h6-7,9H,4-5,8,10H2,1-3H3,(H,18,19). The van der Waals surface area contributed by atoms with Crippen LogP contribution in [-0.2, 0) is 16.0 Å². The Balaban J connectivity index is 2.59. The smallest absolute Gasteiger partial charge is 0.303 e. The SMILES string of the molecule is COc1ccc(CC(=O)N(C)CCCC(=O)O)cc1OC. The summed E-state index contributed by atoms with van der Waals surface area (Å²) in [6.07, 6.45) is 0.751. The molecule has 1 N–H and O–H groups in total. The Kier molecular flexibility index (Phi) is 6.52. The molecule has 1 amide bonds. The van der Waals surface area contributed by atoms with Gasteiger partial charge in [-0.1, -0.05) is 6.07 Å². The van der Waals surface area contributed by atoms with Crippen LogP contribution in [0.15, 0.2) is 18.2 Å². The van der Waals surface area contributed by atoms with Gasteiger partial charge in [0.15, 0.2) is 11.5 Å². The zero-order chi connectivity index (χ0) is 15.8. The highest BCUT2D eigenvalue weighted by molar-refractivity contribution is 5.78. The lowest BCUT2D eigenvalue weighted by Gasteiger charge is -2.17. The molecule has 0 heterocycles. The fourth-order valence-electron chi connectivity index (χ4n) is 1.89. The van der Waals surface area contributed by atoms with Crippen LogP contribution in [0.3, 0.4) is 0 Å². The first kappa shape index (κ1) is 16.8. The van der Waals surface area contributed by atoms with Crippen molar-refractivity contribution in [1.82, 2.24) is 4.90 Å². The molecule has 1 aromatic carbocycles. The second-order valence-electron chi connectivity index (χ2n) is 4.68. The van der Waals surface area contributed by atoms with E-state index in [2.05, 4.69) is 0 Å². The summed E-state index contributed by atoms with van der Waals surface area (Å²) in [4.78, 5) is 24.0. The van der Waals surface area contributed by atoms with Gasteiger partial charge in [-0.3, -0.25) is 9.59 Å². The number of ether oxygens (including phenoxy) is 2. The molecule has 0 aliphatic heterocycles. The van der Waals surface area contributed by atoms with Gasteiger partial charge < -0.3 is 19.5 Å². The van der Waals surface area contributed by atoms with Crippen molar-refractivity contribution in [2.24, 2.45) is 0 Å². The third kappa shape index (κ3) is 5.33. The van der Waals surface area contributed by atoms with Crippen molar-refractivity contribution in [2.45, 2.75) is 19.3 Å². The van der Waals surface area contributed by atoms with Gasteiger partial charge in [0.1, 0.15) is 0 Å². The fourth-order valence-corrected chi connectivity index (χ4v) is 1.89. The summed E-state index contributed by atoms with van der Waals surface area (Å²) in [7, 11) is 4.77. The number of carboxylic acid groups (broad SMARTS) is 1. The molecule has 0 bridgehead atoms. The Morgan fingerprint density at radius 1 is 1.19 bits per heavy atom. The molecule has 6 nitrogen and oxygen atoms in total. The molecule has 1 aromatic rings. The Labute approximate surface area is 124 Å². The second kappa shape index (κ2) is 8.14. The third-order valence-electron chi connectivity index (χ3n) is 3.11. The number of benzene rings is 1. The first-order valence-electron chi connectivity index (χ1n) is 6.64. The molecule has 0 unspecified atom stereocenters. The number of likely N-dealkylation sites (N-methyl/N-ethyl adjacent to an activating group) is 1. The Morgan fingerprint density at radius 2 is 1.86 bits per heavy atom. The molecule has 0 atom stereocenters. The van der Waals surface area contributed by atoms with Crippen molar-refractivity contribution in [1.29, 1.82) is 0 Å². The van der Waals surface area contributed by atoms with Crippen molar-refractivity contribution in [2.75, 3.05) is 27.8 Å². The van der Waals surface area contributed by atoms with Gasteiger partial charge >= 0.3 is 5.97 Å². The van der Waals surface area contributed by atoms with Crippen LogP contribution in [0.25, 0.3) is 0 Å². The summed E-state index contributed by atoms with van der Waals surface area (Å²) in [5, 5.41) is 8.58. The topological polar surface area (TPSA) is 76.1 Å². The average molecular weight is 295 g/mol. The maximum Gasteiger partial charge on any atom is 0.303 e. The third-order valence-corrected chi connectivity index (χ3v) is 3.11. The molecule has 1 rings (SSSR count). The molecule has 0 saturated carbocycles. The molecule has 0 fully saturated rings. The maximum atomic E-state index is 12.0. The van der Waals surface area contributed by atoms with E-state index in [1.165, 1.54) is 0 Å². The van der Waals surface area contributed by atoms with E-state index in [0.717, 1.165) is 5.56 Å². The zero-order valence-corrected chi connectivity index (χ0v) is 12.6. The zero-order valence-electron chi connectivity index (χ0n) is 12.6. The van der Waals surface area contributed by atoms with Crippen molar-refractivity contribution in [3.05, 3.63) is 23.8 Å². The summed E-state index contributed by atoms with van der Waals surface area (Å²) in [6, 6.07) is 5.33. The Bertz CT molecular complexity index is 501. The van der Waals surface area contributed by atoms with E-state index in [-0.39, 0.29) is 18.7 Å². The molecule has 0 spiro atoms. The van der Waals surface area contributed by atoms with Gasteiger partial charge in [-0.05, 0) is 24.1 Å². The quantitative estimate of drug-likeness (QED) is 0.788. The highest BCUT2D eigenvalue weighted by Gasteiger charge is 2.12. The van der Waals surface area contributed by atoms with Crippen LogP contribution in [0, 0.1) is 0 Å². The number of aliphatic carboxylic acids is 1. The van der Waals surface area contributed by atoms with Crippen LogP contribution in [0.5, 0.6) is 11.5 Å². The van der Waals surface area contributed by atoms with E-state index >= 15 is 0 Å². The minimum atomic E-state index is -0.851. The minimum absolute atomic E-state index is 0.0624. The number of nitrogens with zero attached hydrogens (tertiary/aromatic N) is 1. The number of hydrogen-bond donors (Lipinski definition) is 1. The lowest BCUT2D eigenvalue weighted by Crippen LogP contribution is -2.29. The molecule has 116 valence electrons. The number of amides is 1. The highest BCUT2D eigenvalue weighted by atomic mass is 16.5. The highest BCUT2D eigenvalue weighted by Crippen LogP contribution is 2.27. The number of hydrogen-bond acceptors (Lipinski definition) is 4. The van der Waals surface area contributed by atoms with Crippen LogP contribution < -0.4 is 9.47 Å². The maximum absolute atomic E-state index is 12.0. The van der Waals surface area contributed by atoms with Crippen LogP contribution in [-0.4, -0.2) is 49.7 Å². The summed E-state index contributed by atoms with van der Waals surface area (Å²) >= 11 is 0. The Morgan fingerprint density at radius 3 is 2.43 bits per heavy atom. The fraction of sp³-hybridized carbons (Fsp3) is 0.467. The molecule has 0 aliphatic rings. The summed E-state index contributed by atoms with van der Waals surface area (Å²) in [6.45, 7) is 0.429. The van der Waals surface area contributed by atoms with Gasteiger partial charge in [0.05, 0.1) is 20.6 Å². The van der Waals surface area contributed by atoms with Gasteiger partial charge in [0, 0.05) is 20.0 Å². The van der Waals surface area contributed by atoms with Crippen molar-refractivity contribution >= 4 is 11.9 Å². The predicted molar refractivity (Wildman–Crippen MR) is 77.8 cm³/mol. The molecule has 0 aromatic heterocycles. The van der Waals surface area contributed by atoms with Crippen molar-refractivity contribution in [3.63, 3.8) is 0 Å². The summed E-state index contributed by atoms with van der Waals surface area (Å²) in [5.74, 6) is 0.281. The molecular weight excluding hydrogens is 274 g/mol. The normalized spacial score (nSPS) is 10.0. The van der Waals surface area contributed by atoms with E-state index in [0.29, 0.717) is 24.5 Å². The van der Waals surface area contributed by atoms with Crippen LogP contribution in [0.4, 0.5) is 0 Å². The van der Waals surface area contributed by atoms with Gasteiger partial charge in [0.2, 0.25) is 5.91 Å². The van der Waals surface area contributed by atoms with Gasteiger partial charge in [-0.2, -0.15) is 0 Å². The van der Waals surface area contributed by atoms with E-state index in [4.69, 9.17) is 14.6 Å². The summed E-state index contributed by atoms with van der Waals surface area (Å²) < 4.78 is 10.3. The lowest BCUT2D eigenvalue weighted by molar-refractivity contribution is -0.138. The number of carbonyl (C=O) groups is 2. The van der Waals surface area contributed by atoms with E-state index in [1.807, 2.05) is 6.07 Å². The van der Waals surface area contributed by atoms with Crippen molar-refractivity contribution < 1.29 is 24.2 Å². The van der Waals surface area contributed by atoms with Crippen LogP contribution in [0.2, 0.25) is 0 Å². The molecular formula is C15H21NO5. The van der Waals surface area contributed by atoms with E-state index < -0.39 is 5.97 Å². The predicted octanol–water partition coefficient (Wildman–Crippen LogP) is 1.57. The lowest BCUT2D eigenvalue weighted by atomic mass is 10.1. The van der Waals surface area contributed by atoms with Gasteiger partial charge in [-0.15, -0.1) is 0 Å². The van der Waals surface area contributed by atoms with Crippen LogP contribution >= 0.6 is 0 Å². The first-order chi connectivity index (χ1) is 9.97.